The molecule has 0 fully saturated rings. The molecule has 11 aromatic carbocycles. The molecule has 2 aliphatic rings. The topological polar surface area (TPSA) is 9.86 Å². The van der Waals surface area contributed by atoms with Crippen LogP contribution in [0.15, 0.2) is 218 Å². The third-order valence-electron chi connectivity index (χ3n) is 17.2. The Balaban J connectivity index is 1.13. The zero-order valence-corrected chi connectivity index (χ0v) is 43.8. The van der Waals surface area contributed by atoms with Gasteiger partial charge in [-0.3, -0.25) is 0 Å². The van der Waals surface area contributed by atoms with Crippen molar-refractivity contribution in [3.05, 3.63) is 252 Å². The molecule has 15 rings (SSSR count). The maximum Gasteiger partial charge on any atom is 0.247 e. The minimum absolute atomic E-state index is 0.0426. The van der Waals surface area contributed by atoms with E-state index in [0.717, 1.165) is 0 Å². The minimum Gasteiger partial charge on any atom is -0.310 e. The molecule has 13 aromatic rings. The molecule has 2 aromatic heterocycles. The standard InChI is InChI=1S/C72H54B2N2/c1-43-35-45(3)69(46(4)36-43)73-59-31-29-55(51-23-15-9-16-24-51)67-57-39-53(49-19-11-7-12-20-49)27-33-63(57)75(71(59)67)65-42-62-66(41-61(65)73)76-64-34-28-54(50-21-13-8-14-22-50)40-58(64)68-56(52-25-17-10-18-26-52)30-32-60(72(68)76)74(62)70-47(5)37-44(2)38-48(70)6/h7-42H,1-6H3. The first-order valence-corrected chi connectivity index (χ1v) is 27.0. The number of benzene rings is 11. The predicted octanol–water partition coefficient (Wildman–Crippen LogP) is 14.1. The van der Waals surface area contributed by atoms with Gasteiger partial charge in [0.2, 0.25) is 13.4 Å². The van der Waals surface area contributed by atoms with Crippen LogP contribution in [-0.4, -0.2) is 22.6 Å². The Morgan fingerprint density at radius 3 is 0.987 bits per heavy atom. The van der Waals surface area contributed by atoms with E-state index in [1.165, 1.54) is 166 Å². The normalized spacial score (nSPS) is 12.6. The van der Waals surface area contributed by atoms with Gasteiger partial charge in [-0.15, -0.1) is 0 Å². The van der Waals surface area contributed by atoms with Gasteiger partial charge in [0.1, 0.15) is 0 Å². The van der Waals surface area contributed by atoms with E-state index in [-0.39, 0.29) is 13.4 Å². The van der Waals surface area contributed by atoms with E-state index in [1.54, 1.807) is 0 Å². The monoisotopic (exact) mass is 968 g/mol. The van der Waals surface area contributed by atoms with Crippen LogP contribution in [0.25, 0.3) is 99.5 Å². The molecule has 0 aliphatic carbocycles. The van der Waals surface area contributed by atoms with Gasteiger partial charge in [0.05, 0.1) is 11.0 Å². The fourth-order valence-electron chi connectivity index (χ4n) is 14.4. The summed E-state index contributed by atoms with van der Waals surface area (Å²) in [7, 11) is 0. The molecular formula is C72H54B2N2. The first-order chi connectivity index (χ1) is 37.2. The maximum absolute atomic E-state index is 2.67. The van der Waals surface area contributed by atoms with Crippen molar-refractivity contribution >= 4 is 89.8 Å². The van der Waals surface area contributed by atoms with Gasteiger partial charge in [-0.25, -0.2) is 0 Å². The van der Waals surface area contributed by atoms with Crippen LogP contribution in [0.4, 0.5) is 0 Å². The number of aromatic nitrogens is 2. The van der Waals surface area contributed by atoms with E-state index in [2.05, 4.69) is 269 Å². The van der Waals surface area contributed by atoms with Crippen LogP contribution in [-0.2, 0) is 0 Å². The fourth-order valence-corrected chi connectivity index (χ4v) is 14.4. The highest BCUT2D eigenvalue weighted by Crippen LogP contribution is 2.44. The van der Waals surface area contributed by atoms with Crippen LogP contribution in [0.1, 0.15) is 33.4 Å². The lowest BCUT2D eigenvalue weighted by atomic mass is 9.32. The van der Waals surface area contributed by atoms with Crippen LogP contribution in [0.5, 0.6) is 0 Å². The minimum atomic E-state index is -0.0426. The third kappa shape index (κ3) is 6.50. The Morgan fingerprint density at radius 1 is 0.289 bits per heavy atom. The Bertz CT molecular complexity index is 4230. The molecule has 0 spiro atoms. The van der Waals surface area contributed by atoms with Crippen molar-refractivity contribution in [3.63, 3.8) is 0 Å². The number of rotatable bonds is 6. The molecular weight excluding hydrogens is 914 g/mol. The first kappa shape index (κ1) is 44.6. The lowest BCUT2D eigenvalue weighted by Gasteiger charge is -2.34. The summed E-state index contributed by atoms with van der Waals surface area (Å²) in [5, 5.41) is 5.15. The molecule has 76 heavy (non-hydrogen) atoms. The van der Waals surface area contributed by atoms with Gasteiger partial charge >= 0.3 is 0 Å². The quantitative estimate of drug-likeness (QED) is 0.147. The first-order valence-electron chi connectivity index (χ1n) is 27.0. The van der Waals surface area contributed by atoms with Gasteiger partial charge in [0.15, 0.2) is 0 Å². The molecule has 2 nitrogen and oxygen atoms in total. The largest absolute Gasteiger partial charge is 0.310 e. The van der Waals surface area contributed by atoms with Crippen molar-refractivity contribution in [2.24, 2.45) is 0 Å². The average Bonchev–Trinajstić information content (AvgIpc) is 4.18. The Hall–Kier alpha value is -8.85. The number of hydrogen-bond acceptors (Lipinski definition) is 0. The van der Waals surface area contributed by atoms with Crippen LogP contribution in [0.3, 0.4) is 0 Å². The van der Waals surface area contributed by atoms with Crippen LogP contribution >= 0.6 is 0 Å². The van der Waals surface area contributed by atoms with Gasteiger partial charge in [0, 0.05) is 44.0 Å². The van der Waals surface area contributed by atoms with Crippen molar-refractivity contribution in [1.82, 2.24) is 9.13 Å². The van der Waals surface area contributed by atoms with Crippen molar-refractivity contribution in [1.29, 1.82) is 0 Å². The summed E-state index contributed by atoms with van der Waals surface area (Å²) in [6.45, 7) is 13.8. The summed E-state index contributed by atoms with van der Waals surface area (Å²) in [4.78, 5) is 0. The number of hydrogen-bond donors (Lipinski definition) is 0. The van der Waals surface area contributed by atoms with E-state index in [9.17, 15) is 0 Å². The summed E-state index contributed by atoms with van der Waals surface area (Å²) in [6, 6.07) is 83.0. The van der Waals surface area contributed by atoms with Crippen LogP contribution in [0.2, 0.25) is 0 Å². The highest BCUT2D eigenvalue weighted by molar-refractivity contribution is 7.00. The fraction of sp³-hybridized carbons (Fsp3) is 0.0833. The van der Waals surface area contributed by atoms with Crippen molar-refractivity contribution in [2.75, 3.05) is 0 Å². The van der Waals surface area contributed by atoms with Crippen molar-refractivity contribution in [3.8, 4) is 55.9 Å². The van der Waals surface area contributed by atoms with Gasteiger partial charge in [0.25, 0.3) is 0 Å². The summed E-state index contributed by atoms with van der Waals surface area (Å²) >= 11 is 0. The summed E-state index contributed by atoms with van der Waals surface area (Å²) < 4.78 is 5.34. The SMILES string of the molecule is Cc1cc(C)c(B2c3cc4c(cc3-n3c5ccc(-c6ccccc6)cc5c5c(-c6ccccc6)ccc2c53)B(c2c(C)cc(C)cc2C)c2ccc(-c3ccccc3)c3c5cc(-c6ccccc6)ccc5n-4c23)c(C)c1. The molecule has 4 heteroatoms. The highest BCUT2D eigenvalue weighted by Gasteiger charge is 2.42. The number of aryl methyl sites for hydroxylation is 6. The van der Waals surface area contributed by atoms with Crippen LogP contribution < -0.4 is 32.8 Å². The molecule has 0 saturated carbocycles. The molecule has 0 saturated heterocycles. The lowest BCUT2D eigenvalue weighted by molar-refractivity contribution is 1.16. The van der Waals surface area contributed by atoms with Gasteiger partial charge in [-0.2, -0.15) is 0 Å². The highest BCUT2D eigenvalue weighted by atomic mass is 15.0. The molecule has 0 unspecified atom stereocenters. The maximum atomic E-state index is 2.67. The van der Waals surface area contributed by atoms with Gasteiger partial charge in [-0.1, -0.05) is 226 Å². The van der Waals surface area contributed by atoms with E-state index in [4.69, 9.17) is 0 Å². The van der Waals surface area contributed by atoms with E-state index >= 15 is 0 Å². The Kier molecular flexibility index (Phi) is 9.88. The zero-order chi connectivity index (χ0) is 51.1. The molecule has 0 bridgehead atoms. The molecule has 0 N–H and O–H groups in total. The van der Waals surface area contributed by atoms with Crippen LogP contribution in [0, 0.1) is 41.5 Å². The van der Waals surface area contributed by atoms with E-state index in [0.29, 0.717) is 0 Å². The summed E-state index contributed by atoms with van der Waals surface area (Å²) in [5.74, 6) is 0. The average molecular weight is 969 g/mol. The molecule has 4 heterocycles. The van der Waals surface area contributed by atoms with Crippen molar-refractivity contribution in [2.45, 2.75) is 41.5 Å². The molecule has 0 atom stereocenters. The summed E-state index contributed by atoms with van der Waals surface area (Å²) in [6.07, 6.45) is 0. The smallest absolute Gasteiger partial charge is 0.247 e. The number of nitrogens with zero attached hydrogens (tertiary/aromatic N) is 2. The Labute approximate surface area is 445 Å². The predicted molar refractivity (Wildman–Crippen MR) is 327 cm³/mol. The second kappa shape index (κ2) is 16.8. The second-order valence-electron chi connectivity index (χ2n) is 21.9. The van der Waals surface area contributed by atoms with E-state index in [1.807, 2.05) is 0 Å². The van der Waals surface area contributed by atoms with Gasteiger partial charge < -0.3 is 9.13 Å². The lowest BCUT2D eigenvalue weighted by Crippen LogP contribution is -2.61. The zero-order valence-electron chi connectivity index (χ0n) is 43.8. The van der Waals surface area contributed by atoms with Crippen molar-refractivity contribution < 1.29 is 0 Å². The second-order valence-corrected chi connectivity index (χ2v) is 21.9. The van der Waals surface area contributed by atoms with E-state index < -0.39 is 0 Å². The summed E-state index contributed by atoms with van der Waals surface area (Å²) in [5.41, 5.74) is 33.4. The third-order valence-corrected chi connectivity index (χ3v) is 17.2. The number of fused-ring (bicyclic) bond motifs is 10. The van der Waals surface area contributed by atoms with Gasteiger partial charge in [-0.05, 0) is 144 Å². The molecule has 0 radical (unpaired) electrons. The molecule has 358 valence electrons. The Morgan fingerprint density at radius 2 is 0.632 bits per heavy atom. The molecule has 0 amide bonds. The molecule has 2 aliphatic heterocycles.